The standard InChI is InChI=1S/C20H18BrF2N7O2S/c1-8-6-12(17(22)23)25-20-13(8)15(16(33-20)18(24)31)26-19(32)11-4-5-29(28-11)7-30-10(3)14(21)9(2)27-30/h4-6,17H,7H2,1-3H3,(H2,24,31)(H,26,32). The summed E-state index contributed by atoms with van der Waals surface area (Å²) in [6.45, 7) is 5.67. The number of carbonyl (C=O) groups excluding carboxylic acids is 2. The number of nitrogens with two attached hydrogens (primary N) is 1. The van der Waals surface area contributed by atoms with Crippen molar-refractivity contribution in [3.8, 4) is 0 Å². The maximum atomic E-state index is 13.1. The fourth-order valence-corrected chi connectivity index (χ4v) is 4.75. The quantitative estimate of drug-likeness (QED) is 0.382. The van der Waals surface area contributed by atoms with Crippen molar-refractivity contribution in [2.75, 3.05) is 5.32 Å². The largest absolute Gasteiger partial charge is 0.365 e. The second-order valence-electron chi connectivity index (χ2n) is 7.34. The number of nitrogens with zero attached hydrogens (tertiary/aromatic N) is 5. The number of rotatable bonds is 6. The third-order valence-electron chi connectivity index (χ3n) is 5.01. The van der Waals surface area contributed by atoms with E-state index in [0.29, 0.717) is 17.6 Å². The number of pyridine rings is 1. The third-order valence-corrected chi connectivity index (χ3v) is 7.26. The highest BCUT2D eigenvalue weighted by atomic mass is 79.9. The van der Waals surface area contributed by atoms with Gasteiger partial charge in [-0.25, -0.2) is 18.4 Å². The summed E-state index contributed by atoms with van der Waals surface area (Å²) in [5, 5.41) is 11.7. The Balaban J connectivity index is 1.65. The summed E-state index contributed by atoms with van der Waals surface area (Å²) in [5.41, 5.74) is 7.48. The van der Waals surface area contributed by atoms with Crippen LogP contribution in [-0.4, -0.2) is 36.4 Å². The second-order valence-corrected chi connectivity index (χ2v) is 9.13. The fraction of sp³-hybridized carbons (Fsp3) is 0.250. The zero-order valence-electron chi connectivity index (χ0n) is 17.7. The Morgan fingerprint density at radius 1 is 1.27 bits per heavy atom. The minimum Gasteiger partial charge on any atom is -0.365 e. The van der Waals surface area contributed by atoms with Gasteiger partial charge in [0.25, 0.3) is 18.2 Å². The number of thiophene rings is 1. The van der Waals surface area contributed by atoms with Gasteiger partial charge in [-0.2, -0.15) is 10.2 Å². The topological polar surface area (TPSA) is 121 Å². The SMILES string of the molecule is Cc1nn(Cn2ccc(C(=O)Nc3c(C(N)=O)sc4nc(C(F)F)cc(C)c34)n2)c(C)c1Br. The zero-order chi connectivity index (χ0) is 24.0. The van der Waals surface area contributed by atoms with Crippen molar-refractivity contribution in [2.45, 2.75) is 33.9 Å². The van der Waals surface area contributed by atoms with Crippen LogP contribution in [0.2, 0.25) is 0 Å². The maximum absolute atomic E-state index is 13.1. The van der Waals surface area contributed by atoms with E-state index in [4.69, 9.17) is 5.73 Å². The molecule has 4 aromatic heterocycles. The van der Waals surface area contributed by atoms with Crippen LogP contribution in [0, 0.1) is 20.8 Å². The molecule has 0 radical (unpaired) electrons. The molecule has 172 valence electrons. The molecule has 0 aliphatic rings. The lowest BCUT2D eigenvalue weighted by atomic mass is 10.1. The van der Waals surface area contributed by atoms with E-state index in [2.05, 4.69) is 36.4 Å². The highest BCUT2D eigenvalue weighted by Gasteiger charge is 2.24. The molecule has 2 amide bonds. The molecule has 0 bridgehead atoms. The van der Waals surface area contributed by atoms with Crippen LogP contribution in [0.5, 0.6) is 0 Å². The van der Waals surface area contributed by atoms with E-state index in [1.54, 1.807) is 22.5 Å². The number of halogens is 3. The van der Waals surface area contributed by atoms with Crippen LogP contribution in [-0.2, 0) is 6.67 Å². The van der Waals surface area contributed by atoms with Gasteiger partial charge >= 0.3 is 0 Å². The van der Waals surface area contributed by atoms with E-state index in [1.807, 2.05) is 13.8 Å². The third kappa shape index (κ3) is 4.25. The number of nitrogens with one attached hydrogen (secondary N) is 1. The molecule has 4 heterocycles. The molecule has 3 N–H and O–H groups in total. The average molecular weight is 538 g/mol. The van der Waals surface area contributed by atoms with E-state index >= 15 is 0 Å². The summed E-state index contributed by atoms with van der Waals surface area (Å²) >= 11 is 4.32. The number of aromatic nitrogens is 5. The number of carbonyl (C=O) groups is 2. The van der Waals surface area contributed by atoms with Crippen LogP contribution in [0.4, 0.5) is 14.5 Å². The van der Waals surface area contributed by atoms with Gasteiger partial charge in [0.1, 0.15) is 22.1 Å². The molecular formula is C20H18BrF2N7O2S. The molecule has 0 aromatic carbocycles. The van der Waals surface area contributed by atoms with Crippen LogP contribution in [0.15, 0.2) is 22.8 Å². The van der Waals surface area contributed by atoms with Gasteiger partial charge in [0.2, 0.25) is 0 Å². The highest BCUT2D eigenvalue weighted by Crippen LogP contribution is 2.38. The fourth-order valence-electron chi connectivity index (χ4n) is 3.40. The lowest BCUT2D eigenvalue weighted by Crippen LogP contribution is -2.18. The van der Waals surface area contributed by atoms with Gasteiger partial charge in [0, 0.05) is 11.6 Å². The van der Waals surface area contributed by atoms with Gasteiger partial charge in [-0.15, -0.1) is 11.3 Å². The van der Waals surface area contributed by atoms with Crippen molar-refractivity contribution in [3.05, 3.63) is 56.0 Å². The molecule has 0 atom stereocenters. The molecule has 0 spiro atoms. The lowest BCUT2D eigenvalue weighted by molar-refractivity contribution is 0.100. The molecule has 0 fully saturated rings. The summed E-state index contributed by atoms with van der Waals surface area (Å²) in [5.74, 6) is -1.38. The van der Waals surface area contributed by atoms with Gasteiger partial charge in [0.05, 0.1) is 21.5 Å². The molecule has 0 unspecified atom stereocenters. The number of anilines is 1. The van der Waals surface area contributed by atoms with Crippen molar-refractivity contribution < 1.29 is 18.4 Å². The van der Waals surface area contributed by atoms with Gasteiger partial charge in [0.15, 0.2) is 5.69 Å². The molecule has 4 aromatic rings. The number of aryl methyl sites for hydroxylation is 2. The number of alkyl halides is 2. The molecule has 13 heteroatoms. The molecule has 0 aliphatic carbocycles. The highest BCUT2D eigenvalue weighted by molar-refractivity contribution is 9.10. The summed E-state index contributed by atoms with van der Waals surface area (Å²) in [6, 6.07) is 2.75. The zero-order valence-corrected chi connectivity index (χ0v) is 20.1. The normalized spacial score (nSPS) is 11.5. The molecule has 0 saturated carbocycles. The molecule has 33 heavy (non-hydrogen) atoms. The van der Waals surface area contributed by atoms with Gasteiger partial charge in [-0.1, -0.05) is 0 Å². The molecule has 4 rings (SSSR count). The van der Waals surface area contributed by atoms with Crippen LogP contribution >= 0.6 is 27.3 Å². The van der Waals surface area contributed by atoms with Crippen LogP contribution in [0.25, 0.3) is 10.2 Å². The Labute approximate surface area is 198 Å². The van der Waals surface area contributed by atoms with Crippen molar-refractivity contribution in [3.63, 3.8) is 0 Å². The average Bonchev–Trinajstić information content (AvgIpc) is 3.42. The Hall–Kier alpha value is -3.19. The van der Waals surface area contributed by atoms with E-state index in [9.17, 15) is 18.4 Å². The van der Waals surface area contributed by atoms with Crippen LogP contribution < -0.4 is 11.1 Å². The predicted molar refractivity (Wildman–Crippen MR) is 123 cm³/mol. The Bertz CT molecular complexity index is 1410. The lowest BCUT2D eigenvalue weighted by Gasteiger charge is -2.07. The van der Waals surface area contributed by atoms with Gasteiger partial charge in [-0.05, 0) is 54.4 Å². The molecular weight excluding hydrogens is 520 g/mol. The Kier molecular flexibility index (Phi) is 6.01. The van der Waals surface area contributed by atoms with Crippen LogP contribution in [0.3, 0.4) is 0 Å². The predicted octanol–water partition coefficient (Wildman–Crippen LogP) is 4.17. The van der Waals surface area contributed by atoms with Gasteiger partial charge in [-0.3, -0.25) is 14.3 Å². The summed E-state index contributed by atoms with van der Waals surface area (Å²) in [4.78, 5) is 29.0. The Morgan fingerprint density at radius 3 is 2.61 bits per heavy atom. The first-order valence-corrected chi connectivity index (χ1v) is 11.2. The van der Waals surface area contributed by atoms with Crippen molar-refractivity contribution in [2.24, 2.45) is 5.73 Å². The van der Waals surface area contributed by atoms with Crippen molar-refractivity contribution in [1.82, 2.24) is 24.5 Å². The van der Waals surface area contributed by atoms with E-state index < -0.39 is 23.9 Å². The maximum Gasteiger partial charge on any atom is 0.280 e. The number of amides is 2. The number of hydrogen-bond donors (Lipinski definition) is 2. The molecule has 0 aliphatic heterocycles. The van der Waals surface area contributed by atoms with E-state index in [1.165, 1.54) is 12.1 Å². The minimum absolute atomic E-state index is 0.0206. The van der Waals surface area contributed by atoms with E-state index in [-0.39, 0.29) is 21.1 Å². The first-order valence-electron chi connectivity index (χ1n) is 9.63. The Morgan fingerprint density at radius 2 is 2.00 bits per heavy atom. The van der Waals surface area contributed by atoms with Crippen molar-refractivity contribution in [1.29, 1.82) is 0 Å². The summed E-state index contributed by atoms with van der Waals surface area (Å²) < 4.78 is 30.5. The number of hydrogen-bond acceptors (Lipinski definition) is 6. The summed E-state index contributed by atoms with van der Waals surface area (Å²) in [7, 11) is 0. The number of fused-ring (bicyclic) bond motifs is 1. The number of primary amides is 1. The summed E-state index contributed by atoms with van der Waals surface area (Å²) in [6.07, 6.45) is -1.14. The molecule has 9 nitrogen and oxygen atoms in total. The first-order chi connectivity index (χ1) is 15.6. The second kappa shape index (κ2) is 8.63. The van der Waals surface area contributed by atoms with Gasteiger partial charge < -0.3 is 11.1 Å². The van der Waals surface area contributed by atoms with Crippen molar-refractivity contribution >= 4 is 55.0 Å². The first kappa shape index (κ1) is 23.0. The molecule has 0 saturated heterocycles. The van der Waals surface area contributed by atoms with E-state index in [0.717, 1.165) is 27.2 Å². The van der Waals surface area contributed by atoms with Crippen LogP contribution in [0.1, 0.15) is 49.2 Å². The minimum atomic E-state index is -2.77. The smallest absolute Gasteiger partial charge is 0.280 e. The monoisotopic (exact) mass is 537 g/mol.